The first-order chi connectivity index (χ1) is 29.8. The van der Waals surface area contributed by atoms with Crippen molar-refractivity contribution >= 4 is 40.4 Å². The standard InChI is InChI=1S/C46H47F4N7O5/c1-23-14-31-30(6-7-37-34(31)19-51-53-37)42(56(23)22-39(49)50)41-35(47)17-26(18-36(41)48)24-10-12-54(13-11-24)44(60)25-2-4-29(5-3-25)55-20-27-15-32-33(16-28(27)21-55)46(62)57(45(32)61)38-8-9-40(58)52-43(38)59/h6-7,15-19,23-25,29,38-39,42H,2-5,8-14,20-22H2,1H3,(H,51,53)(H,52,58,59)/t23-,25?,29?,38?,42+/m1/s1. The lowest BCUT2D eigenvalue weighted by Gasteiger charge is -2.42. The van der Waals surface area contributed by atoms with E-state index in [1.165, 1.54) is 17.0 Å². The number of carbonyl (C=O) groups is 5. The number of hydrogen-bond donors (Lipinski definition) is 2. The lowest BCUT2D eigenvalue weighted by atomic mass is 9.81. The largest absolute Gasteiger partial charge is 0.342 e. The second kappa shape index (κ2) is 15.7. The lowest BCUT2D eigenvalue weighted by molar-refractivity contribution is -0.138. The van der Waals surface area contributed by atoms with Crippen molar-refractivity contribution in [2.24, 2.45) is 5.92 Å². The third-order valence-corrected chi connectivity index (χ3v) is 14.5. The molecule has 3 fully saturated rings. The Morgan fingerprint density at radius 3 is 2.16 bits per heavy atom. The molecule has 0 spiro atoms. The monoisotopic (exact) mass is 853 g/mol. The van der Waals surface area contributed by atoms with Crippen LogP contribution in [-0.2, 0) is 33.9 Å². The number of amides is 5. The fourth-order valence-electron chi connectivity index (χ4n) is 11.3. The van der Waals surface area contributed by atoms with E-state index in [2.05, 4.69) is 20.4 Å². The van der Waals surface area contributed by atoms with Crippen LogP contribution < -0.4 is 5.32 Å². The van der Waals surface area contributed by atoms with E-state index in [0.717, 1.165) is 58.2 Å². The third kappa shape index (κ3) is 6.89. The molecule has 1 saturated carbocycles. The molecular weight excluding hydrogens is 807 g/mol. The molecule has 6 aliphatic rings. The summed E-state index contributed by atoms with van der Waals surface area (Å²) in [6, 6.07) is 7.55. The molecule has 6 heterocycles. The number of benzene rings is 3. The zero-order valence-corrected chi connectivity index (χ0v) is 34.3. The fraction of sp³-hybridized carbons (Fsp3) is 0.478. The molecule has 5 amide bonds. The Labute approximate surface area is 355 Å². The number of rotatable bonds is 7. The van der Waals surface area contributed by atoms with Gasteiger partial charge < -0.3 is 4.90 Å². The van der Waals surface area contributed by atoms with Crippen LogP contribution in [0.4, 0.5) is 17.6 Å². The number of aromatic amines is 1. The molecule has 2 N–H and O–H groups in total. The molecule has 2 saturated heterocycles. The van der Waals surface area contributed by atoms with Gasteiger partial charge in [0, 0.05) is 61.6 Å². The molecular formula is C46H47F4N7O5. The summed E-state index contributed by atoms with van der Waals surface area (Å²) in [6.45, 7) is 3.33. The SMILES string of the molecule is C[C@@H]1Cc2c(ccc3[nH]ncc23)[C@@H](c2c(F)cc(C3CCN(C(=O)C4CCC(N5Cc6cc7c(cc6C5)C(=O)N(C5CCC(=O)NC5=O)C7=O)CC4)CC3)cc2F)N1CC(F)F. The minimum atomic E-state index is -2.69. The van der Waals surface area contributed by atoms with Crippen molar-refractivity contribution in [3.8, 4) is 0 Å². The van der Waals surface area contributed by atoms with Crippen LogP contribution in [0.3, 0.4) is 0 Å². The topological polar surface area (TPSA) is 139 Å². The highest BCUT2D eigenvalue weighted by molar-refractivity contribution is 6.23. The van der Waals surface area contributed by atoms with Crippen molar-refractivity contribution in [2.45, 2.75) is 114 Å². The van der Waals surface area contributed by atoms with Gasteiger partial charge in [-0.3, -0.25) is 49.1 Å². The first-order valence-electron chi connectivity index (χ1n) is 21.7. The van der Waals surface area contributed by atoms with Crippen molar-refractivity contribution in [1.29, 1.82) is 0 Å². The highest BCUT2D eigenvalue weighted by Crippen LogP contribution is 2.44. The lowest BCUT2D eigenvalue weighted by Crippen LogP contribution is -2.54. The van der Waals surface area contributed by atoms with E-state index in [0.29, 0.717) is 56.6 Å². The summed E-state index contributed by atoms with van der Waals surface area (Å²) < 4.78 is 60.4. The average molecular weight is 854 g/mol. The number of H-pyrrole nitrogens is 1. The van der Waals surface area contributed by atoms with Crippen LogP contribution in [0.5, 0.6) is 0 Å². The summed E-state index contributed by atoms with van der Waals surface area (Å²) in [4.78, 5) is 71.4. The molecule has 62 heavy (non-hydrogen) atoms. The average Bonchev–Trinajstić information content (AvgIpc) is 3.97. The third-order valence-electron chi connectivity index (χ3n) is 14.5. The molecule has 4 aromatic rings. The van der Waals surface area contributed by atoms with Crippen LogP contribution in [0.2, 0.25) is 0 Å². The summed E-state index contributed by atoms with van der Waals surface area (Å²) in [6.07, 6.45) is 3.75. The summed E-state index contributed by atoms with van der Waals surface area (Å²) in [5.41, 5.74) is 4.96. The minimum absolute atomic E-state index is 0.0612. The smallest absolute Gasteiger partial charge is 0.262 e. The minimum Gasteiger partial charge on any atom is -0.342 e. The van der Waals surface area contributed by atoms with Gasteiger partial charge in [0.2, 0.25) is 17.7 Å². The maximum Gasteiger partial charge on any atom is 0.262 e. The van der Waals surface area contributed by atoms with Crippen LogP contribution in [0.1, 0.15) is 124 Å². The Hall–Kier alpha value is -5.48. The van der Waals surface area contributed by atoms with Crippen molar-refractivity contribution in [3.63, 3.8) is 0 Å². The fourth-order valence-corrected chi connectivity index (χ4v) is 11.3. The van der Waals surface area contributed by atoms with E-state index in [4.69, 9.17) is 0 Å². The number of nitrogens with zero attached hydrogens (tertiary/aromatic N) is 5. The van der Waals surface area contributed by atoms with Gasteiger partial charge in [-0.2, -0.15) is 5.10 Å². The number of imide groups is 2. The maximum atomic E-state index is 16.3. The number of hydrogen-bond acceptors (Lipinski definition) is 8. The number of carbonyl (C=O) groups excluding carboxylic acids is 5. The van der Waals surface area contributed by atoms with Crippen LogP contribution in [0.15, 0.2) is 42.6 Å². The molecule has 3 aromatic carbocycles. The van der Waals surface area contributed by atoms with Crippen LogP contribution in [0.25, 0.3) is 10.9 Å². The normalized spacial score (nSPS) is 26.1. The molecule has 1 aliphatic carbocycles. The van der Waals surface area contributed by atoms with Crippen molar-refractivity contribution in [2.75, 3.05) is 19.6 Å². The number of halogens is 4. The van der Waals surface area contributed by atoms with E-state index in [9.17, 15) is 32.8 Å². The zero-order valence-electron chi connectivity index (χ0n) is 34.3. The number of fused-ring (bicyclic) bond motifs is 5. The number of likely N-dealkylation sites (tertiary alicyclic amines) is 1. The van der Waals surface area contributed by atoms with E-state index in [1.54, 1.807) is 37.4 Å². The van der Waals surface area contributed by atoms with E-state index < -0.39 is 66.4 Å². The van der Waals surface area contributed by atoms with Crippen LogP contribution in [0, 0.1) is 17.6 Å². The highest BCUT2D eigenvalue weighted by atomic mass is 19.3. The van der Waals surface area contributed by atoms with E-state index >= 15 is 8.78 Å². The number of alkyl halides is 2. The molecule has 10 rings (SSSR count). The van der Waals surface area contributed by atoms with E-state index in [1.807, 2.05) is 4.90 Å². The van der Waals surface area contributed by atoms with Gasteiger partial charge in [0.1, 0.15) is 17.7 Å². The van der Waals surface area contributed by atoms with Crippen molar-refractivity contribution in [3.05, 3.63) is 98.7 Å². The summed E-state index contributed by atoms with van der Waals surface area (Å²) >= 11 is 0. The molecule has 324 valence electrons. The van der Waals surface area contributed by atoms with Gasteiger partial charge in [-0.15, -0.1) is 0 Å². The summed E-state index contributed by atoms with van der Waals surface area (Å²) in [5.74, 6) is -3.82. The molecule has 3 atom stereocenters. The predicted molar refractivity (Wildman–Crippen MR) is 217 cm³/mol. The van der Waals surface area contributed by atoms with Gasteiger partial charge in [-0.05, 0) is 122 Å². The van der Waals surface area contributed by atoms with Crippen molar-refractivity contribution in [1.82, 2.24) is 35.1 Å². The quantitative estimate of drug-likeness (QED) is 0.168. The summed E-state index contributed by atoms with van der Waals surface area (Å²) in [7, 11) is 0. The Morgan fingerprint density at radius 1 is 0.871 bits per heavy atom. The van der Waals surface area contributed by atoms with Gasteiger partial charge in [0.05, 0.1) is 35.4 Å². The van der Waals surface area contributed by atoms with Gasteiger partial charge >= 0.3 is 0 Å². The van der Waals surface area contributed by atoms with E-state index in [-0.39, 0.29) is 53.3 Å². The second-order valence-corrected chi connectivity index (χ2v) is 18.0. The maximum absolute atomic E-state index is 16.3. The second-order valence-electron chi connectivity index (χ2n) is 18.0. The number of nitrogens with one attached hydrogen (secondary N) is 2. The van der Waals surface area contributed by atoms with Crippen molar-refractivity contribution < 1.29 is 41.5 Å². The van der Waals surface area contributed by atoms with Crippen LogP contribution >= 0.6 is 0 Å². The Kier molecular flexibility index (Phi) is 10.3. The highest BCUT2D eigenvalue weighted by Gasteiger charge is 2.46. The predicted octanol–water partition coefficient (Wildman–Crippen LogP) is 6.12. The van der Waals surface area contributed by atoms with Crippen LogP contribution in [-0.4, -0.2) is 104 Å². The van der Waals surface area contributed by atoms with Gasteiger partial charge in [-0.25, -0.2) is 17.6 Å². The Morgan fingerprint density at radius 2 is 1.53 bits per heavy atom. The molecule has 12 nitrogen and oxygen atoms in total. The Bertz CT molecular complexity index is 2460. The molecule has 0 radical (unpaired) electrons. The molecule has 5 aliphatic heterocycles. The van der Waals surface area contributed by atoms with Gasteiger partial charge in [0.25, 0.3) is 18.2 Å². The zero-order chi connectivity index (χ0) is 43.1. The van der Waals surface area contributed by atoms with Gasteiger partial charge in [0.15, 0.2) is 0 Å². The first-order valence-corrected chi connectivity index (χ1v) is 21.7. The molecule has 0 bridgehead atoms. The number of aromatic nitrogens is 2. The molecule has 16 heteroatoms. The van der Waals surface area contributed by atoms with Gasteiger partial charge in [-0.1, -0.05) is 6.07 Å². The molecule has 1 aromatic heterocycles. The first kappa shape index (κ1) is 40.6. The number of piperidine rings is 2. The summed E-state index contributed by atoms with van der Waals surface area (Å²) in [5, 5.41) is 10.1. The Balaban J connectivity index is 0.757. The molecule has 1 unspecified atom stereocenters.